The van der Waals surface area contributed by atoms with Crippen molar-refractivity contribution in [1.29, 1.82) is 0 Å². The van der Waals surface area contributed by atoms with Crippen molar-refractivity contribution in [3.8, 4) is 11.1 Å². The minimum atomic E-state index is 0.0553. The molecule has 0 heterocycles. The van der Waals surface area contributed by atoms with Crippen LogP contribution in [0, 0.1) is 17.8 Å². The van der Waals surface area contributed by atoms with E-state index in [1.165, 1.54) is 0 Å². The molecule has 2 nitrogen and oxygen atoms in total. The first kappa shape index (κ1) is 15.0. The molecular weight excluding hydrogens is 272 g/mol. The molecule has 1 fully saturated rings. The normalized spacial score (nSPS) is 24.4. The standard InChI is InChI=1S/C20H22O2/c1-14-18(13-21)11-12-19(14)20(22)17-9-7-16(8-10-17)15-5-3-2-4-6-15/h2-10,14,18-19,21H,11-13H2,1H3/t14-,18-,19-/m0/s1. The number of hydrogen-bond donors (Lipinski definition) is 1. The topological polar surface area (TPSA) is 37.3 Å². The van der Waals surface area contributed by atoms with Gasteiger partial charge >= 0.3 is 0 Å². The van der Waals surface area contributed by atoms with Gasteiger partial charge in [-0.3, -0.25) is 4.79 Å². The summed E-state index contributed by atoms with van der Waals surface area (Å²) in [4.78, 5) is 12.7. The number of aliphatic hydroxyl groups excluding tert-OH is 1. The van der Waals surface area contributed by atoms with Crippen molar-refractivity contribution in [3.63, 3.8) is 0 Å². The van der Waals surface area contributed by atoms with Crippen LogP contribution in [0.4, 0.5) is 0 Å². The Labute approximate surface area is 131 Å². The van der Waals surface area contributed by atoms with Gasteiger partial charge in [-0.1, -0.05) is 61.5 Å². The molecule has 0 bridgehead atoms. The van der Waals surface area contributed by atoms with E-state index in [1.807, 2.05) is 42.5 Å². The van der Waals surface area contributed by atoms with E-state index in [0.717, 1.165) is 29.5 Å². The number of aliphatic hydroxyl groups is 1. The lowest BCUT2D eigenvalue weighted by Crippen LogP contribution is -2.21. The summed E-state index contributed by atoms with van der Waals surface area (Å²) in [7, 11) is 0. The van der Waals surface area contributed by atoms with E-state index in [9.17, 15) is 9.90 Å². The molecule has 0 spiro atoms. The fourth-order valence-electron chi connectivity index (χ4n) is 3.55. The minimum absolute atomic E-state index is 0.0553. The minimum Gasteiger partial charge on any atom is -0.396 e. The molecule has 2 aromatic carbocycles. The highest BCUT2D eigenvalue weighted by atomic mass is 16.3. The van der Waals surface area contributed by atoms with Crippen molar-refractivity contribution in [2.75, 3.05) is 6.61 Å². The van der Waals surface area contributed by atoms with Crippen LogP contribution in [0.2, 0.25) is 0 Å². The maximum atomic E-state index is 12.7. The monoisotopic (exact) mass is 294 g/mol. The number of ketones is 1. The number of Topliss-reactive ketones (excluding diaryl/α,β-unsaturated/α-hetero) is 1. The molecule has 3 rings (SSSR count). The first-order valence-corrected chi connectivity index (χ1v) is 8.01. The van der Waals surface area contributed by atoms with Crippen LogP contribution in [0.15, 0.2) is 54.6 Å². The average Bonchev–Trinajstić information content (AvgIpc) is 2.96. The van der Waals surface area contributed by atoms with Crippen molar-refractivity contribution >= 4 is 5.78 Å². The van der Waals surface area contributed by atoms with E-state index in [4.69, 9.17) is 0 Å². The van der Waals surface area contributed by atoms with E-state index in [-0.39, 0.29) is 30.1 Å². The molecule has 0 amide bonds. The Kier molecular flexibility index (Phi) is 4.39. The number of carbonyl (C=O) groups excluding carboxylic acids is 1. The first-order valence-electron chi connectivity index (χ1n) is 8.01. The average molecular weight is 294 g/mol. The molecule has 0 aromatic heterocycles. The Morgan fingerprint density at radius 1 is 1.00 bits per heavy atom. The third-order valence-electron chi connectivity index (χ3n) is 5.07. The lowest BCUT2D eigenvalue weighted by molar-refractivity contribution is 0.0875. The Balaban J connectivity index is 1.77. The van der Waals surface area contributed by atoms with Crippen LogP contribution in [0.1, 0.15) is 30.1 Å². The molecule has 2 heteroatoms. The van der Waals surface area contributed by atoms with Gasteiger partial charge in [-0.2, -0.15) is 0 Å². The number of hydrogen-bond acceptors (Lipinski definition) is 2. The van der Waals surface area contributed by atoms with Gasteiger partial charge in [-0.25, -0.2) is 0 Å². The molecule has 1 N–H and O–H groups in total. The van der Waals surface area contributed by atoms with Gasteiger partial charge in [0.05, 0.1) is 0 Å². The summed E-state index contributed by atoms with van der Waals surface area (Å²) in [5.41, 5.74) is 3.08. The summed E-state index contributed by atoms with van der Waals surface area (Å²) in [6.07, 6.45) is 1.85. The lowest BCUT2D eigenvalue weighted by atomic mass is 9.86. The maximum Gasteiger partial charge on any atom is 0.166 e. The van der Waals surface area contributed by atoms with Crippen molar-refractivity contribution in [3.05, 3.63) is 60.2 Å². The molecule has 1 saturated carbocycles. The van der Waals surface area contributed by atoms with E-state index >= 15 is 0 Å². The third kappa shape index (κ3) is 2.84. The number of benzene rings is 2. The predicted molar refractivity (Wildman–Crippen MR) is 88.7 cm³/mol. The molecule has 22 heavy (non-hydrogen) atoms. The molecule has 1 aliphatic carbocycles. The van der Waals surface area contributed by atoms with Crippen LogP contribution in [-0.2, 0) is 0 Å². The summed E-state index contributed by atoms with van der Waals surface area (Å²) in [5.74, 6) is 0.826. The summed E-state index contributed by atoms with van der Waals surface area (Å²) >= 11 is 0. The van der Waals surface area contributed by atoms with E-state index < -0.39 is 0 Å². The number of carbonyl (C=O) groups is 1. The van der Waals surface area contributed by atoms with Crippen molar-refractivity contribution < 1.29 is 9.90 Å². The van der Waals surface area contributed by atoms with Crippen LogP contribution in [0.25, 0.3) is 11.1 Å². The highest BCUT2D eigenvalue weighted by Gasteiger charge is 2.36. The van der Waals surface area contributed by atoms with Crippen LogP contribution in [-0.4, -0.2) is 17.5 Å². The van der Waals surface area contributed by atoms with Crippen LogP contribution in [0.5, 0.6) is 0 Å². The Morgan fingerprint density at radius 3 is 2.23 bits per heavy atom. The van der Waals surface area contributed by atoms with Crippen LogP contribution >= 0.6 is 0 Å². The van der Waals surface area contributed by atoms with Gasteiger partial charge in [0.2, 0.25) is 0 Å². The first-order chi connectivity index (χ1) is 10.7. The number of rotatable bonds is 4. The fraction of sp³-hybridized carbons (Fsp3) is 0.350. The molecule has 1 aliphatic rings. The maximum absolute atomic E-state index is 12.7. The van der Waals surface area contributed by atoms with Crippen molar-refractivity contribution in [1.82, 2.24) is 0 Å². The van der Waals surface area contributed by atoms with Gasteiger partial charge in [0.25, 0.3) is 0 Å². The second kappa shape index (κ2) is 6.45. The van der Waals surface area contributed by atoms with Crippen molar-refractivity contribution in [2.24, 2.45) is 17.8 Å². The van der Waals surface area contributed by atoms with Crippen LogP contribution < -0.4 is 0 Å². The SMILES string of the molecule is C[C@H]1[C@H](CO)CC[C@@H]1C(=O)c1ccc(-c2ccccc2)cc1. The van der Waals surface area contributed by atoms with E-state index in [1.54, 1.807) is 0 Å². The van der Waals surface area contributed by atoms with Gasteiger partial charge in [-0.15, -0.1) is 0 Å². The zero-order valence-electron chi connectivity index (χ0n) is 12.9. The molecule has 2 aromatic rings. The Morgan fingerprint density at radius 2 is 1.64 bits per heavy atom. The van der Waals surface area contributed by atoms with Gasteiger partial charge in [-0.05, 0) is 35.8 Å². The van der Waals surface area contributed by atoms with Gasteiger partial charge < -0.3 is 5.11 Å². The van der Waals surface area contributed by atoms with Gasteiger partial charge in [0.15, 0.2) is 5.78 Å². The molecular formula is C20H22O2. The molecule has 0 aliphatic heterocycles. The van der Waals surface area contributed by atoms with E-state index in [2.05, 4.69) is 19.1 Å². The van der Waals surface area contributed by atoms with E-state index in [0.29, 0.717) is 0 Å². The summed E-state index contributed by atoms with van der Waals surface area (Å²) in [6.45, 7) is 2.28. The Bertz CT molecular complexity index is 631. The zero-order chi connectivity index (χ0) is 15.5. The lowest BCUT2D eigenvalue weighted by Gasteiger charge is -2.18. The van der Waals surface area contributed by atoms with Crippen molar-refractivity contribution in [2.45, 2.75) is 19.8 Å². The second-order valence-electron chi connectivity index (χ2n) is 6.29. The molecule has 0 radical (unpaired) electrons. The molecule has 0 saturated heterocycles. The highest BCUT2D eigenvalue weighted by molar-refractivity contribution is 5.98. The van der Waals surface area contributed by atoms with Crippen LogP contribution in [0.3, 0.4) is 0 Å². The smallest absolute Gasteiger partial charge is 0.166 e. The quantitative estimate of drug-likeness (QED) is 0.858. The summed E-state index contributed by atoms with van der Waals surface area (Å²) in [6, 6.07) is 18.1. The Hall–Kier alpha value is -1.93. The second-order valence-corrected chi connectivity index (χ2v) is 6.29. The summed E-state index contributed by atoms with van der Waals surface area (Å²) in [5, 5.41) is 9.36. The zero-order valence-corrected chi connectivity index (χ0v) is 12.9. The molecule has 114 valence electrons. The predicted octanol–water partition coefficient (Wildman–Crippen LogP) is 4.19. The third-order valence-corrected chi connectivity index (χ3v) is 5.07. The van der Waals surface area contributed by atoms with Gasteiger partial charge in [0, 0.05) is 18.1 Å². The highest BCUT2D eigenvalue weighted by Crippen LogP contribution is 2.38. The fourth-order valence-corrected chi connectivity index (χ4v) is 3.55. The molecule has 0 unspecified atom stereocenters. The largest absolute Gasteiger partial charge is 0.396 e. The summed E-state index contributed by atoms with van der Waals surface area (Å²) < 4.78 is 0. The van der Waals surface area contributed by atoms with Gasteiger partial charge in [0.1, 0.15) is 0 Å². The molecule has 3 atom stereocenters.